The lowest BCUT2D eigenvalue weighted by Gasteiger charge is -2.42. The maximum Gasteiger partial charge on any atom is 0.271 e. The van der Waals surface area contributed by atoms with E-state index in [2.05, 4.69) is 10.4 Å². The fourth-order valence-electron chi connectivity index (χ4n) is 2.56. The van der Waals surface area contributed by atoms with Gasteiger partial charge in [0.1, 0.15) is 17.1 Å². The summed E-state index contributed by atoms with van der Waals surface area (Å²) in [6, 6.07) is 6.35. The molecule has 5 nitrogen and oxygen atoms in total. The summed E-state index contributed by atoms with van der Waals surface area (Å²) < 4.78 is 20.8. The zero-order chi connectivity index (χ0) is 15.7. The fourth-order valence-corrected chi connectivity index (χ4v) is 2.78. The van der Waals surface area contributed by atoms with Crippen molar-refractivity contribution in [3.63, 3.8) is 0 Å². The molecule has 22 heavy (non-hydrogen) atoms. The molecule has 1 amide bonds. The molecule has 1 aromatic carbocycles. The molecule has 116 valence electrons. The average Bonchev–Trinajstić information content (AvgIpc) is 2.85. The number of aryl methyl sites for hydroxylation is 1. The lowest BCUT2D eigenvalue weighted by Crippen LogP contribution is -2.60. The summed E-state index contributed by atoms with van der Waals surface area (Å²) in [5.41, 5.74) is -0.186. The smallest absolute Gasteiger partial charge is 0.271 e. The maximum absolute atomic E-state index is 14.1. The SMILES string of the molecule is CCn1ncc(Cl)c1C(=O)NC1(c2ccccc2F)COC1. The number of carbonyl (C=O) groups is 1. The molecule has 1 saturated heterocycles. The molecule has 1 aliphatic heterocycles. The van der Waals surface area contributed by atoms with Crippen LogP contribution in [0.15, 0.2) is 30.5 Å². The number of carbonyl (C=O) groups excluding carboxylic acids is 1. The van der Waals surface area contributed by atoms with Crippen molar-refractivity contribution in [2.45, 2.75) is 19.0 Å². The van der Waals surface area contributed by atoms with E-state index < -0.39 is 11.4 Å². The monoisotopic (exact) mass is 323 g/mol. The number of benzene rings is 1. The lowest BCUT2D eigenvalue weighted by atomic mass is 9.87. The number of amides is 1. The number of nitrogens with zero attached hydrogens (tertiary/aromatic N) is 2. The van der Waals surface area contributed by atoms with Gasteiger partial charge < -0.3 is 10.1 Å². The number of ether oxygens (including phenoxy) is 1. The first-order chi connectivity index (χ1) is 10.6. The molecule has 2 heterocycles. The van der Waals surface area contributed by atoms with Gasteiger partial charge in [0.15, 0.2) is 0 Å². The Morgan fingerprint density at radius 3 is 2.82 bits per heavy atom. The third-order valence-electron chi connectivity index (χ3n) is 3.75. The molecule has 0 atom stereocenters. The molecule has 2 aromatic rings. The highest BCUT2D eigenvalue weighted by atomic mass is 35.5. The van der Waals surface area contributed by atoms with Crippen LogP contribution in [0.4, 0.5) is 4.39 Å². The van der Waals surface area contributed by atoms with Crippen LogP contribution in [0.1, 0.15) is 23.0 Å². The van der Waals surface area contributed by atoms with Crippen molar-refractivity contribution in [3.05, 3.63) is 52.6 Å². The van der Waals surface area contributed by atoms with Crippen LogP contribution in [0.25, 0.3) is 0 Å². The van der Waals surface area contributed by atoms with E-state index in [0.717, 1.165) is 0 Å². The summed E-state index contributed by atoms with van der Waals surface area (Å²) in [7, 11) is 0. The molecule has 0 saturated carbocycles. The van der Waals surface area contributed by atoms with Crippen molar-refractivity contribution in [2.24, 2.45) is 0 Å². The first kappa shape index (κ1) is 15.0. The minimum atomic E-state index is -0.866. The maximum atomic E-state index is 14.1. The molecule has 0 spiro atoms. The van der Waals surface area contributed by atoms with Crippen LogP contribution < -0.4 is 5.32 Å². The number of hydrogen-bond acceptors (Lipinski definition) is 3. The topological polar surface area (TPSA) is 56.2 Å². The van der Waals surface area contributed by atoms with Crippen molar-refractivity contribution in [1.82, 2.24) is 15.1 Å². The van der Waals surface area contributed by atoms with Crippen LogP contribution in [0.3, 0.4) is 0 Å². The normalized spacial score (nSPS) is 16.1. The predicted molar refractivity (Wildman–Crippen MR) is 79.3 cm³/mol. The molecule has 1 aliphatic rings. The van der Waals surface area contributed by atoms with Crippen LogP contribution in [0.5, 0.6) is 0 Å². The van der Waals surface area contributed by atoms with Gasteiger partial charge in [-0.25, -0.2) is 4.39 Å². The molecule has 7 heteroatoms. The van der Waals surface area contributed by atoms with Gasteiger partial charge >= 0.3 is 0 Å². The van der Waals surface area contributed by atoms with E-state index in [0.29, 0.717) is 12.1 Å². The summed E-state index contributed by atoms with van der Waals surface area (Å²) >= 11 is 6.04. The zero-order valence-corrected chi connectivity index (χ0v) is 12.7. The summed E-state index contributed by atoms with van der Waals surface area (Å²) in [6.45, 7) is 2.81. The number of halogens is 2. The van der Waals surface area contributed by atoms with Gasteiger partial charge in [-0.15, -0.1) is 0 Å². The van der Waals surface area contributed by atoms with Gasteiger partial charge in [0.2, 0.25) is 0 Å². The molecule has 0 bridgehead atoms. The third-order valence-corrected chi connectivity index (χ3v) is 4.03. The molecule has 1 fully saturated rings. The van der Waals surface area contributed by atoms with E-state index in [1.165, 1.54) is 16.9 Å². The first-order valence-corrected chi connectivity index (χ1v) is 7.32. The second kappa shape index (κ2) is 5.70. The van der Waals surface area contributed by atoms with E-state index >= 15 is 0 Å². The van der Waals surface area contributed by atoms with Crippen molar-refractivity contribution in [1.29, 1.82) is 0 Å². The Hall–Kier alpha value is -1.92. The molecular weight excluding hydrogens is 309 g/mol. The Morgan fingerprint density at radius 1 is 1.50 bits per heavy atom. The molecule has 1 aromatic heterocycles. The minimum absolute atomic E-state index is 0.220. The van der Waals surface area contributed by atoms with E-state index in [1.54, 1.807) is 18.2 Å². The minimum Gasteiger partial charge on any atom is -0.376 e. The first-order valence-electron chi connectivity index (χ1n) is 6.94. The Balaban J connectivity index is 1.92. The Bertz CT molecular complexity index is 713. The largest absolute Gasteiger partial charge is 0.376 e. The second-order valence-corrected chi connectivity index (χ2v) is 5.57. The van der Waals surface area contributed by atoms with Crippen LogP contribution >= 0.6 is 11.6 Å². The number of nitrogens with one attached hydrogen (secondary N) is 1. The van der Waals surface area contributed by atoms with Crippen LogP contribution in [0.2, 0.25) is 5.02 Å². The summed E-state index contributed by atoms with van der Waals surface area (Å²) in [5.74, 6) is -0.767. The Labute approximate surface area is 132 Å². The van der Waals surface area contributed by atoms with E-state index in [-0.39, 0.29) is 29.7 Å². The van der Waals surface area contributed by atoms with Crippen molar-refractivity contribution in [2.75, 3.05) is 13.2 Å². The van der Waals surface area contributed by atoms with Gasteiger partial charge in [0, 0.05) is 12.1 Å². The third kappa shape index (κ3) is 2.38. The lowest BCUT2D eigenvalue weighted by molar-refractivity contribution is -0.0750. The molecule has 0 aliphatic carbocycles. The van der Waals surface area contributed by atoms with Gasteiger partial charge in [-0.3, -0.25) is 9.48 Å². The molecule has 0 radical (unpaired) electrons. The van der Waals surface area contributed by atoms with Gasteiger partial charge in [0.05, 0.1) is 24.4 Å². The van der Waals surface area contributed by atoms with E-state index in [9.17, 15) is 9.18 Å². The van der Waals surface area contributed by atoms with Gasteiger partial charge in [-0.1, -0.05) is 29.8 Å². The summed E-state index contributed by atoms with van der Waals surface area (Å²) in [6.07, 6.45) is 1.42. The van der Waals surface area contributed by atoms with Crippen molar-refractivity contribution >= 4 is 17.5 Å². The van der Waals surface area contributed by atoms with Crippen LogP contribution in [-0.2, 0) is 16.8 Å². The predicted octanol–water partition coefficient (Wildman–Crippen LogP) is 2.35. The quantitative estimate of drug-likeness (QED) is 0.939. The number of rotatable bonds is 4. The molecular formula is C15H15ClFN3O2. The highest BCUT2D eigenvalue weighted by molar-refractivity contribution is 6.33. The second-order valence-electron chi connectivity index (χ2n) is 5.17. The molecule has 3 rings (SSSR count). The summed E-state index contributed by atoms with van der Waals surface area (Å²) in [5, 5.41) is 7.16. The molecule has 0 unspecified atom stereocenters. The van der Waals surface area contributed by atoms with Crippen molar-refractivity contribution < 1.29 is 13.9 Å². The van der Waals surface area contributed by atoms with Gasteiger partial charge in [-0.05, 0) is 13.0 Å². The fraction of sp³-hybridized carbons (Fsp3) is 0.333. The summed E-state index contributed by atoms with van der Waals surface area (Å²) in [4.78, 5) is 12.6. The highest BCUT2D eigenvalue weighted by Crippen LogP contribution is 2.32. The Morgan fingerprint density at radius 2 is 2.23 bits per heavy atom. The molecule has 1 N–H and O–H groups in total. The number of hydrogen-bond donors (Lipinski definition) is 1. The number of aromatic nitrogens is 2. The Kier molecular flexibility index (Phi) is 3.88. The van der Waals surface area contributed by atoms with Gasteiger partial charge in [-0.2, -0.15) is 5.10 Å². The zero-order valence-electron chi connectivity index (χ0n) is 12.0. The van der Waals surface area contributed by atoms with Crippen LogP contribution in [-0.4, -0.2) is 28.9 Å². The standard InChI is InChI=1S/C15H15ClFN3O2/c1-2-20-13(11(16)7-18-20)14(21)19-15(8-22-9-15)10-5-3-4-6-12(10)17/h3-7H,2,8-9H2,1H3,(H,19,21). The van der Waals surface area contributed by atoms with E-state index in [4.69, 9.17) is 16.3 Å². The average molecular weight is 324 g/mol. The van der Waals surface area contributed by atoms with Gasteiger partial charge in [0.25, 0.3) is 5.91 Å². The van der Waals surface area contributed by atoms with E-state index in [1.807, 2.05) is 6.92 Å². The van der Waals surface area contributed by atoms with Crippen LogP contribution in [0, 0.1) is 5.82 Å². The highest BCUT2D eigenvalue weighted by Gasteiger charge is 2.44. The van der Waals surface area contributed by atoms with Crippen molar-refractivity contribution in [3.8, 4) is 0 Å².